The first-order valence-corrected chi connectivity index (χ1v) is 4.98. The summed E-state index contributed by atoms with van der Waals surface area (Å²) in [6.07, 6.45) is 2.91. The van der Waals surface area contributed by atoms with Gasteiger partial charge in [0.05, 0.1) is 17.9 Å². The second-order valence-corrected chi connectivity index (χ2v) is 3.48. The van der Waals surface area contributed by atoms with Crippen LogP contribution >= 0.6 is 0 Å². The highest BCUT2D eigenvalue weighted by Gasteiger charge is 2.07. The standard InChI is InChI=1S/C10H13N5O/c1-7(10-13-6-14-15-10)11-4-8-2-3-9(16)5-12-8/h2-3,5-7,11,16H,4H2,1H3,(H,13,14,15). The Morgan fingerprint density at radius 1 is 1.44 bits per heavy atom. The zero-order valence-electron chi connectivity index (χ0n) is 8.88. The number of aromatic nitrogens is 4. The van der Waals surface area contributed by atoms with Crippen LogP contribution in [0.25, 0.3) is 0 Å². The number of aromatic amines is 1. The molecule has 2 heterocycles. The Kier molecular flexibility index (Phi) is 3.11. The first-order chi connectivity index (χ1) is 7.75. The average molecular weight is 219 g/mol. The minimum Gasteiger partial charge on any atom is -0.506 e. The van der Waals surface area contributed by atoms with E-state index in [-0.39, 0.29) is 11.8 Å². The van der Waals surface area contributed by atoms with Gasteiger partial charge < -0.3 is 10.4 Å². The van der Waals surface area contributed by atoms with Crippen LogP contribution in [0.3, 0.4) is 0 Å². The highest BCUT2D eigenvalue weighted by molar-refractivity contribution is 5.17. The smallest absolute Gasteiger partial charge is 0.141 e. The van der Waals surface area contributed by atoms with E-state index in [0.717, 1.165) is 11.5 Å². The number of H-pyrrole nitrogens is 1. The molecule has 16 heavy (non-hydrogen) atoms. The second-order valence-electron chi connectivity index (χ2n) is 3.48. The molecule has 0 saturated heterocycles. The van der Waals surface area contributed by atoms with Gasteiger partial charge in [0.1, 0.15) is 17.9 Å². The molecule has 1 atom stereocenters. The Bertz CT molecular complexity index is 425. The zero-order chi connectivity index (χ0) is 11.4. The second kappa shape index (κ2) is 4.71. The fraction of sp³-hybridized carbons (Fsp3) is 0.300. The molecule has 0 amide bonds. The van der Waals surface area contributed by atoms with Crippen LogP contribution < -0.4 is 5.32 Å². The quantitative estimate of drug-likeness (QED) is 0.706. The van der Waals surface area contributed by atoms with Gasteiger partial charge in [0, 0.05) is 6.54 Å². The van der Waals surface area contributed by atoms with Crippen molar-refractivity contribution in [3.05, 3.63) is 36.2 Å². The molecule has 0 saturated carbocycles. The Hall–Kier alpha value is -1.95. The molecular formula is C10H13N5O. The highest BCUT2D eigenvalue weighted by atomic mass is 16.3. The van der Waals surface area contributed by atoms with E-state index in [0.29, 0.717) is 6.54 Å². The van der Waals surface area contributed by atoms with E-state index in [4.69, 9.17) is 5.11 Å². The molecule has 0 aliphatic heterocycles. The van der Waals surface area contributed by atoms with E-state index in [2.05, 4.69) is 25.5 Å². The van der Waals surface area contributed by atoms with Gasteiger partial charge in [-0.2, -0.15) is 5.10 Å². The summed E-state index contributed by atoms with van der Waals surface area (Å²) in [4.78, 5) is 8.13. The number of hydrogen-bond donors (Lipinski definition) is 3. The largest absolute Gasteiger partial charge is 0.506 e. The van der Waals surface area contributed by atoms with Gasteiger partial charge >= 0.3 is 0 Å². The van der Waals surface area contributed by atoms with Crippen molar-refractivity contribution in [2.75, 3.05) is 0 Å². The number of nitrogens with zero attached hydrogens (tertiary/aromatic N) is 3. The fourth-order valence-electron chi connectivity index (χ4n) is 1.30. The number of hydrogen-bond acceptors (Lipinski definition) is 5. The van der Waals surface area contributed by atoms with Gasteiger partial charge in [0.15, 0.2) is 0 Å². The first kappa shape index (κ1) is 10.6. The Balaban J connectivity index is 1.90. The maximum absolute atomic E-state index is 9.08. The summed E-state index contributed by atoms with van der Waals surface area (Å²) >= 11 is 0. The molecule has 2 aromatic heterocycles. The molecule has 0 bridgehead atoms. The van der Waals surface area contributed by atoms with Crippen LogP contribution in [0.4, 0.5) is 0 Å². The van der Waals surface area contributed by atoms with Crippen LogP contribution in [0.2, 0.25) is 0 Å². The third-order valence-electron chi connectivity index (χ3n) is 2.24. The highest BCUT2D eigenvalue weighted by Crippen LogP contribution is 2.08. The molecule has 0 aromatic carbocycles. The Morgan fingerprint density at radius 2 is 2.31 bits per heavy atom. The van der Waals surface area contributed by atoms with Gasteiger partial charge in [0.2, 0.25) is 0 Å². The lowest BCUT2D eigenvalue weighted by atomic mass is 10.3. The number of rotatable bonds is 4. The Morgan fingerprint density at radius 3 is 2.94 bits per heavy atom. The van der Waals surface area contributed by atoms with Crippen LogP contribution in [0, 0.1) is 0 Å². The van der Waals surface area contributed by atoms with Gasteiger partial charge in [-0.1, -0.05) is 0 Å². The predicted molar refractivity (Wildman–Crippen MR) is 57.5 cm³/mol. The first-order valence-electron chi connectivity index (χ1n) is 4.98. The normalized spacial score (nSPS) is 12.6. The van der Waals surface area contributed by atoms with Crippen molar-refractivity contribution in [1.82, 2.24) is 25.5 Å². The van der Waals surface area contributed by atoms with E-state index in [9.17, 15) is 0 Å². The van der Waals surface area contributed by atoms with E-state index in [1.807, 2.05) is 6.92 Å². The molecule has 0 fully saturated rings. The van der Waals surface area contributed by atoms with Crippen molar-refractivity contribution < 1.29 is 5.11 Å². The minimum atomic E-state index is 0.0816. The zero-order valence-corrected chi connectivity index (χ0v) is 8.88. The number of nitrogens with one attached hydrogen (secondary N) is 2. The topological polar surface area (TPSA) is 86.7 Å². The number of pyridine rings is 1. The van der Waals surface area contributed by atoms with Crippen LogP contribution in [-0.4, -0.2) is 25.3 Å². The molecular weight excluding hydrogens is 206 g/mol. The average Bonchev–Trinajstić information content (AvgIpc) is 2.81. The monoisotopic (exact) mass is 219 g/mol. The van der Waals surface area contributed by atoms with Crippen LogP contribution in [0.1, 0.15) is 24.5 Å². The molecule has 6 nitrogen and oxygen atoms in total. The van der Waals surface area contributed by atoms with Gasteiger partial charge in [-0.25, -0.2) is 4.98 Å². The molecule has 1 unspecified atom stereocenters. The van der Waals surface area contributed by atoms with E-state index < -0.39 is 0 Å². The lowest BCUT2D eigenvalue weighted by Crippen LogP contribution is -2.19. The van der Waals surface area contributed by atoms with Crippen molar-refractivity contribution in [3.63, 3.8) is 0 Å². The summed E-state index contributed by atoms with van der Waals surface area (Å²) in [5.74, 6) is 0.964. The molecule has 0 aliphatic carbocycles. The SMILES string of the molecule is CC(NCc1ccc(O)cn1)c1ncn[nH]1. The summed E-state index contributed by atoms with van der Waals surface area (Å²) in [7, 11) is 0. The molecule has 0 spiro atoms. The predicted octanol–water partition coefficient (Wildman–Crippen LogP) is 0.756. The van der Waals surface area contributed by atoms with Crippen LogP contribution in [0.15, 0.2) is 24.7 Å². The van der Waals surface area contributed by atoms with Crippen LogP contribution in [-0.2, 0) is 6.54 Å². The van der Waals surface area contributed by atoms with Crippen molar-refractivity contribution in [2.45, 2.75) is 19.5 Å². The molecule has 0 aliphatic rings. The summed E-state index contributed by atoms with van der Waals surface area (Å²) in [5.41, 5.74) is 0.865. The van der Waals surface area contributed by atoms with E-state index >= 15 is 0 Å². The summed E-state index contributed by atoms with van der Waals surface area (Å²) in [6.45, 7) is 2.60. The molecule has 2 aromatic rings. The van der Waals surface area contributed by atoms with Gasteiger partial charge in [0.25, 0.3) is 0 Å². The van der Waals surface area contributed by atoms with Gasteiger partial charge in [-0.15, -0.1) is 0 Å². The maximum Gasteiger partial charge on any atom is 0.141 e. The molecule has 6 heteroatoms. The Labute approximate surface area is 92.8 Å². The summed E-state index contributed by atoms with van der Waals surface area (Å²) < 4.78 is 0. The summed E-state index contributed by atoms with van der Waals surface area (Å²) in [6, 6.07) is 3.47. The lowest BCUT2D eigenvalue weighted by Gasteiger charge is -2.10. The van der Waals surface area contributed by atoms with E-state index in [1.54, 1.807) is 12.1 Å². The van der Waals surface area contributed by atoms with Crippen molar-refractivity contribution in [3.8, 4) is 5.75 Å². The van der Waals surface area contributed by atoms with Crippen LogP contribution in [0.5, 0.6) is 5.75 Å². The number of aromatic hydroxyl groups is 1. The van der Waals surface area contributed by atoms with Crippen molar-refractivity contribution >= 4 is 0 Å². The third-order valence-corrected chi connectivity index (χ3v) is 2.24. The maximum atomic E-state index is 9.08. The summed E-state index contributed by atoms with van der Waals surface area (Å²) in [5, 5.41) is 18.9. The third kappa shape index (κ3) is 2.54. The van der Waals surface area contributed by atoms with E-state index in [1.165, 1.54) is 12.5 Å². The fourth-order valence-corrected chi connectivity index (χ4v) is 1.30. The molecule has 84 valence electrons. The molecule has 0 radical (unpaired) electrons. The lowest BCUT2D eigenvalue weighted by molar-refractivity contribution is 0.471. The molecule has 3 N–H and O–H groups in total. The van der Waals surface area contributed by atoms with Crippen molar-refractivity contribution in [2.24, 2.45) is 0 Å². The van der Waals surface area contributed by atoms with Gasteiger partial charge in [-0.3, -0.25) is 10.1 Å². The minimum absolute atomic E-state index is 0.0816. The molecule has 2 rings (SSSR count). The van der Waals surface area contributed by atoms with Crippen molar-refractivity contribution in [1.29, 1.82) is 0 Å². The van der Waals surface area contributed by atoms with Gasteiger partial charge in [-0.05, 0) is 19.1 Å².